The maximum Gasteiger partial charge on any atom is 0.0215 e. The SMILES string of the molecule is CCCC1(CCC)c2cc(C3=C(c4ccc(C)cc4)CC3)ccc2-c2ccc(C3=C(c4ccc(C)cc4)CC3)cc21. The number of fused-ring (bicyclic) bond motifs is 3. The predicted molar refractivity (Wildman–Crippen MR) is 177 cm³/mol. The molecule has 3 aliphatic carbocycles. The van der Waals surface area contributed by atoms with Crippen molar-refractivity contribution in [2.75, 3.05) is 0 Å². The van der Waals surface area contributed by atoms with Crippen molar-refractivity contribution in [2.45, 2.75) is 84.5 Å². The van der Waals surface area contributed by atoms with E-state index in [1.54, 1.807) is 33.4 Å². The Kier molecular flexibility index (Phi) is 6.61. The predicted octanol–water partition coefficient (Wildman–Crippen LogP) is 11.6. The quantitative estimate of drug-likeness (QED) is 0.211. The van der Waals surface area contributed by atoms with Crippen LogP contribution in [-0.4, -0.2) is 0 Å². The molecule has 0 amide bonds. The molecule has 0 fully saturated rings. The second kappa shape index (κ2) is 10.3. The minimum Gasteiger partial charge on any atom is -0.0653 e. The third-order valence-corrected chi connectivity index (χ3v) is 10.2. The highest BCUT2D eigenvalue weighted by atomic mass is 14.5. The molecule has 0 nitrogen and oxygen atoms in total. The van der Waals surface area contributed by atoms with Crippen molar-refractivity contribution in [2.24, 2.45) is 0 Å². The van der Waals surface area contributed by atoms with Crippen molar-refractivity contribution in [3.05, 3.63) is 129 Å². The van der Waals surface area contributed by atoms with Gasteiger partial charge in [-0.25, -0.2) is 0 Å². The van der Waals surface area contributed by atoms with E-state index >= 15 is 0 Å². The molecule has 0 saturated carbocycles. The van der Waals surface area contributed by atoms with Gasteiger partial charge < -0.3 is 0 Å². The first-order valence-corrected chi connectivity index (χ1v) is 15.9. The van der Waals surface area contributed by atoms with Gasteiger partial charge in [0.1, 0.15) is 0 Å². The van der Waals surface area contributed by atoms with Crippen LogP contribution in [0.25, 0.3) is 33.4 Å². The van der Waals surface area contributed by atoms with Crippen molar-refractivity contribution in [3.8, 4) is 11.1 Å². The Hall–Kier alpha value is -3.64. The molecule has 4 aromatic rings. The number of allylic oxidation sites excluding steroid dienone is 4. The fourth-order valence-corrected chi connectivity index (χ4v) is 7.92. The largest absolute Gasteiger partial charge is 0.0653 e. The molecular formula is C41H42. The Morgan fingerprint density at radius 3 is 1.15 bits per heavy atom. The highest BCUT2D eigenvalue weighted by Crippen LogP contribution is 2.56. The monoisotopic (exact) mass is 534 g/mol. The number of hydrogen-bond donors (Lipinski definition) is 0. The lowest BCUT2D eigenvalue weighted by molar-refractivity contribution is 0.435. The van der Waals surface area contributed by atoms with Gasteiger partial charge in [0.25, 0.3) is 0 Å². The summed E-state index contributed by atoms with van der Waals surface area (Å²) in [5.74, 6) is 0. The van der Waals surface area contributed by atoms with Crippen LogP contribution in [0.3, 0.4) is 0 Å². The summed E-state index contributed by atoms with van der Waals surface area (Å²) in [6.45, 7) is 9.10. The Morgan fingerprint density at radius 2 is 0.805 bits per heavy atom. The minimum atomic E-state index is 0.100. The molecule has 41 heavy (non-hydrogen) atoms. The summed E-state index contributed by atoms with van der Waals surface area (Å²) in [6, 6.07) is 33.2. The Morgan fingerprint density at radius 1 is 0.463 bits per heavy atom. The average Bonchev–Trinajstić information content (AvgIpc) is 3.19. The Balaban J connectivity index is 1.34. The average molecular weight is 535 g/mol. The summed E-state index contributed by atoms with van der Waals surface area (Å²) in [6.07, 6.45) is 9.55. The highest BCUT2D eigenvalue weighted by molar-refractivity contribution is 5.99. The van der Waals surface area contributed by atoms with E-state index in [0.29, 0.717) is 0 Å². The van der Waals surface area contributed by atoms with E-state index < -0.39 is 0 Å². The molecule has 0 unspecified atom stereocenters. The maximum absolute atomic E-state index is 2.60. The number of hydrogen-bond acceptors (Lipinski definition) is 0. The summed E-state index contributed by atoms with van der Waals surface area (Å²) >= 11 is 0. The zero-order valence-electron chi connectivity index (χ0n) is 25.2. The van der Waals surface area contributed by atoms with E-state index in [-0.39, 0.29) is 5.41 Å². The molecule has 0 N–H and O–H groups in total. The molecule has 0 bridgehead atoms. The van der Waals surface area contributed by atoms with Crippen LogP contribution in [0, 0.1) is 13.8 Å². The number of aryl methyl sites for hydroxylation is 2. The van der Waals surface area contributed by atoms with Crippen LogP contribution in [-0.2, 0) is 5.41 Å². The van der Waals surface area contributed by atoms with Gasteiger partial charge >= 0.3 is 0 Å². The van der Waals surface area contributed by atoms with Gasteiger partial charge in [-0.05, 0) is 131 Å². The zero-order valence-corrected chi connectivity index (χ0v) is 25.2. The van der Waals surface area contributed by atoms with Crippen molar-refractivity contribution >= 4 is 22.3 Å². The van der Waals surface area contributed by atoms with Crippen LogP contribution in [0.2, 0.25) is 0 Å². The summed E-state index contributed by atoms with van der Waals surface area (Å²) < 4.78 is 0. The first kappa shape index (κ1) is 26.3. The van der Waals surface area contributed by atoms with Crippen LogP contribution in [0.4, 0.5) is 0 Å². The van der Waals surface area contributed by atoms with Crippen LogP contribution >= 0.6 is 0 Å². The van der Waals surface area contributed by atoms with Crippen molar-refractivity contribution in [1.29, 1.82) is 0 Å². The van der Waals surface area contributed by atoms with Crippen LogP contribution in [0.1, 0.15) is 110 Å². The smallest absolute Gasteiger partial charge is 0.0215 e. The fraction of sp³-hybridized carbons (Fsp3) is 0.317. The topological polar surface area (TPSA) is 0 Å². The molecule has 0 aliphatic heterocycles. The van der Waals surface area contributed by atoms with Gasteiger partial charge in [-0.3, -0.25) is 0 Å². The fourth-order valence-electron chi connectivity index (χ4n) is 7.92. The lowest BCUT2D eigenvalue weighted by Crippen LogP contribution is -2.25. The first-order valence-electron chi connectivity index (χ1n) is 15.9. The van der Waals surface area contributed by atoms with Crippen LogP contribution in [0.5, 0.6) is 0 Å². The van der Waals surface area contributed by atoms with Crippen molar-refractivity contribution in [1.82, 2.24) is 0 Å². The molecule has 4 aromatic carbocycles. The van der Waals surface area contributed by atoms with E-state index in [1.807, 2.05) is 0 Å². The molecule has 0 spiro atoms. The van der Waals surface area contributed by atoms with E-state index in [2.05, 4.69) is 113 Å². The van der Waals surface area contributed by atoms with Gasteiger partial charge in [0.15, 0.2) is 0 Å². The summed E-state index contributed by atoms with van der Waals surface area (Å²) in [5, 5.41) is 0. The second-order valence-electron chi connectivity index (χ2n) is 12.7. The standard InChI is InChI=1S/C41H42/c1-5-23-41(24-6-2)39-25-31(35-21-19-33(35)29-11-7-27(3)8-12-29)15-17-37(39)38-18-16-32(26-40(38)41)36-22-20-34(36)30-13-9-28(4)10-14-30/h7-18,25-26H,5-6,19-24H2,1-4H3. The van der Waals surface area contributed by atoms with Gasteiger partial charge in [0, 0.05) is 5.41 Å². The molecule has 0 aromatic heterocycles. The minimum absolute atomic E-state index is 0.100. The molecule has 7 rings (SSSR count). The molecule has 0 heteroatoms. The van der Waals surface area contributed by atoms with E-state index in [4.69, 9.17) is 0 Å². The van der Waals surface area contributed by atoms with E-state index in [9.17, 15) is 0 Å². The lowest BCUT2D eigenvalue weighted by atomic mass is 9.69. The molecular weight excluding hydrogens is 492 g/mol. The van der Waals surface area contributed by atoms with E-state index in [1.165, 1.54) is 95.9 Å². The van der Waals surface area contributed by atoms with Crippen LogP contribution in [0.15, 0.2) is 84.9 Å². The molecule has 0 saturated heterocycles. The van der Waals surface area contributed by atoms with Gasteiger partial charge in [-0.15, -0.1) is 0 Å². The first-order chi connectivity index (χ1) is 20.0. The summed E-state index contributed by atoms with van der Waals surface area (Å²) in [4.78, 5) is 0. The summed E-state index contributed by atoms with van der Waals surface area (Å²) in [7, 11) is 0. The molecule has 0 atom stereocenters. The van der Waals surface area contributed by atoms with Crippen molar-refractivity contribution < 1.29 is 0 Å². The number of benzene rings is 4. The third kappa shape index (κ3) is 4.26. The van der Waals surface area contributed by atoms with Gasteiger partial charge in [0.2, 0.25) is 0 Å². The van der Waals surface area contributed by atoms with Crippen molar-refractivity contribution in [3.63, 3.8) is 0 Å². The van der Waals surface area contributed by atoms with E-state index in [0.717, 1.165) is 0 Å². The van der Waals surface area contributed by atoms with Gasteiger partial charge in [-0.1, -0.05) is 111 Å². The highest BCUT2D eigenvalue weighted by Gasteiger charge is 2.42. The molecule has 0 radical (unpaired) electrons. The number of rotatable bonds is 8. The zero-order chi connectivity index (χ0) is 28.1. The second-order valence-corrected chi connectivity index (χ2v) is 12.7. The van der Waals surface area contributed by atoms with Gasteiger partial charge in [0.05, 0.1) is 0 Å². The van der Waals surface area contributed by atoms with Crippen LogP contribution < -0.4 is 0 Å². The maximum atomic E-state index is 2.60. The normalized spacial score (nSPS) is 16.8. The Bertz CT molecular complexity index is 1560. The molecule has 0 heterocycles. The molecule has 3 aliphatic rings. The Labute approximate surface area is 246 Å². The summed E-state index contributed by atoms with van der Waals surface area (Å²) in [5.41, 5.74) is 20.7. The molecule has 206 valence electrons. The van der Waals surface area contributed by atoms with Gasteiger partial charge in [-0.2, -0.15) is 0 Å². The lowest BCUT2D eigenvalue weighted by Gasteiger charge is -2.34. The third-order valence-electron chi connectivity index (χ3n) is 10.2.